The minimum absolute atomic E-state index is 0.123. The molecule has 23 heavy (non-hydrogen) atoms. The lowest BCUT2D eigenvalue weighted by Crippen LogP contribution is -2.36. The molecule has 0 aliphatic heterocycles. The Hall–Kier alpha value is -2.96. The van der Waals surface area contributed by atoms with Crippen LogP contribution in [0.25, 0.3) is 10.8 Å². The van der Waals surface area contributed by atoms with Crippen molar-refractivity contribution in [2.45, 2.75) is 19.5 Å². The van der Waals surface area contributed by atoms with Gasteiger partial charge in [-0.2, -0.15) is 5.10 Å². The van der Waals surface area contributed by atoms with Gasteiger partial charge in [0.2, 0.25) is 5.91 Å². The van der Waals surface area contributed by atoms with E-state index in [9.17, 15) is 9.59 Å². The first-order chi connectivity index (χ1) is 11.1. The SMILES string of the molecule is CC(c1ccon1)N(C)C(=O)Cn1ncc2ccccc2c1=O. The molecule has 0 saturated heterocycles. The number of carbonyl (C=O) groups excluding carboxylic acids is 1. The van der Waals surface area contributed by atoms with Gasteiger partial charge in [0, 0.05) is 18.5 Å². The van der Waals surface area contributed by atoms with E-state index in [4.69, 9.17) is 4.52 Å². The first-order valence-corrected chi connectivity index (χ1v) is 7.18. The molecular weight excluding hydrogens is 296 g/mol. The number of fused-ring (bicyclic) bond motifs is 1. The molecule has 1 atom stereocenters. The minimum Gasteiger partial charge on any atom is -0.364 e. The Morgan fingerprint density at radius 1 is 1.35 bits per heavy atom. The number of nitrogens with zero attached hydrogens (tertiary/aromatic N) is 4. The smallest absolute Gasteiger partial charge is 0.275 e. The highest BCUT2D eigenvalue weighted by Gasteiger charge is 2.20. The second-order valence-electron chi connectivity index (χ2n) is 5.30. The zero-order valence-corrected chi connectivity index (χ0v) is 12.8. The van der Waals surface area contributed by atoms with Crippen molar-refractivity contribution in [3.05, 3.63) is 58.8 Å². The molecule has 0 radical (unpaired) electrons. The summed E-state index contributed by atoms with van der Waals surface area (Å²) in [6, 6.07) is 8.62. The monoisotopic (exact) mass is 312 g/mol. The van der Waals surface area contributed by atoms with Crippen molar-refractivity contribution in [1.82, 2.24) is 19.8 Å². The van der Waals surface area contributed by atoms with Crippen LogP contribution in [0.1, 0.15) is 18.7 Å². The lowest BCUT2D eigenvalue weighted by atomic mass is 10.2. The molecule has 1 aromatic carbocycles. The number of carbonyl (C=O) groups is 1. The number of aromatic nitrogens is 3. The summed E-state index contributed by atoms with van der Waals surface area (Å²) in [4.78, 5) is 26.3. The molecule has 118 valence electrons. The lowest BCUT2D eigenvalue weighted by Gasteiger charge is -2.23. The van der Waals surface area contributed by atoms with Gasteiger partial charge in [-0.1, -0.05) is 23.4 Å². The van der Waals surface area contributed by atoms with Crippen molar-refractivity contribution in [3.8, 4) is 0 Å². The van der Waals surface area contributed by atoms with Crippen molar-refractivity contribution in [2.24, 2.45) is 0 Å². The van der Waals surface area contributed by atoms with Gasteiger partial charge in [-0.05, 0) is 13.0 Å². The summed E-state index contributed by atoms with van der Waals surface area (Å²) in [5.74, 6) is -0.231. The van der Waals surface area contributed by atoms with Gasteiger partial charge in [-0.3, -0.25) is 9.59 Å². The fourth-order valence-electron chi connectivity index (χ4n) is 2.33. The largest absolute Gasteiger partial charge is 0.364 e. The van der Waals surface area contributed by atoms with E-state index in [2.05, 4.69) is 10.3 Å². The molecule has 0 saturated carbocycles. The summed E-state index contributed by atoms with van der Waals surface area (Å²) in [6.45, 7) is 1.72. The Balaban J connectivity index is 1.83. The number of amides is 1. The molecule has 7 heteroatoms. The van der Waals surface area contributed by atoms with Crippen molar-refractivity contribution in [1.29, 1.82) is 0 Å². The van der Waals surface area contributed by atoms with E-state index >= 15 is 0 Å². The molecule has 1 amide bonds. The van der Waals surface area contributed by atoms with Crippen LogP contribution in [0.15, 0.2) is 52.1 Å². The normalized spacial score (nSPS) is 12.3. The number of hydrogen-bond acceptors (Lipinski definition) is 5. The van der Waals surface area contributed by atoms with Crippen LogP contribution in [0.2, 0.25) is 0 Å². The van der Waals surface area contributed by atoms with E-state index in [0.29, 0.717) is 11.1 Å². The van der Waals surface area contributed by atoms with Crippen LogP contribution >= 0.6 is 0 Å². The predicted octanol–water partition coefficient (Wildman–Crippen LogP) is 1.60. The van der Waals surface area contributed by atoms with Gasteiger partial charge in [0.1, 0.15) is 18.5 Å². The molecule has 1 unspecified atom stereocenters. The fraction of sp³-hybridized carbons (Fsp3) is 0.250. The van der Waals surface area contributed by atoms with E-state index in [1.165, 1.54) is 15.8 Å². The molecular formula is C16H16N4O3. The average molecular weight is 312 g/mol. The molecule has 7 nitrogen and oxygen atoms in total. The highest BCUT2D eigenvalue weighted by atomic mass is 16.5. The standard InChI is InChI=1S/C16H16N4O3/c1-11(14-7-8-23-18-14)19(2)15(21)10-20-16(22)13-6-4-3-5-12(13)9-17-20/h3-9,11H,10H2,1-2H3. The molecule has 2 aromatic heterocycles. The maximum Gasteiger partial charge on any atom is 0.275 e. The number of rotatable bonds is 4. The van der Waals surface area contributed by atoms with Crippen LogP contribution in [-0.4, -0.2) is 32.8 Å². The summed E-state index contributed by atoms with van der Waals surface area (Å²) >= 11 is 0. The quantitative estimate of drug-likeness (QED) is 0.731. The van der Waals surface area contributed by atoms with Crippen LogP contribution in [0.4, 0.5) is 0 Å². The molecule has 0 N–H and O–H groups in total. The van der Waals surface area contributed by atoms with Gasteiger partial charge in [0.15, 0.2) is 0 Å². The maximum atomic E-state index is 12.4. The molecule has 3 rings (SSSR count). The Kier molecular flexibility index (Phi) is 3.92. The van der Waals surface area contributed by atoms with Crippen LogP contribution < -0.4 is 5.56 Å². The van der Waals surface area contributed by atoms with Crippen LogP contribution in [0.5, 0.6) is 0 Å². The third-order valence-corrected chi connectivity index (χ3v) is 3.91. The number of likely N-dealkylation sites (N-methyl/N-ethyl adjacent to an activating group) is 1. The van der Waals surface area contributed by atoms with Crippen molar-refractivity contribution in [3.63, 3.8) is 0 Å². The molecule has 2 heterocycles. The second kappa shape index (κ2) is 6.04. The van der Waals surface area contributed by atoms with E-state index in [1.54, 1.807) is 31.4 Å². The first kappa shape index (κ1) is 15.0. The summed E-state index contributed by atoms with van der Waals surface area (Å²) in [5.41, 5.74) is 0.374. The van der Waals surface area contributed by atoms with Crippen LogP contribution in [-0.2, 0) is 11.3 Å². The molecule has 0 fully saturated rings. The second-order valence-corrected chi connectivity index (χ2v) is 5.30. The summed E-state index contributed by atoms with van der Waals surface area (Å²) in [6.07, 6.45) is 3.05. The van der Waals surface area contributed by atoms with Gasteiger partial charge in [0.05, 0.1) is 17.6 Å². The Morgan fingerprint density at radius 3 is 2.87 bits per heavy atom. The maximum absolute atomic E-state index is 12.4. The van der Waals surface area contributed by atoms with Gasteiger partial charge in [-0.25, -0.2) is 4.68 Å². The van der Waals surface area contributed by atoms with Gasteiger partial charge in [0.25, 0.3) is 5.56 Å². The first-order valence-electron chi connectivity index (χ1n) is 7.18. The van der Waals surface area contributed by atoms with E-state index in [0.717, 1.165) is 5.39 Å². The van der Waals surface area contributed by atoms with Crippen molar-refractivity contribution >= 4 is 16.7 Å². The minimum atomic E-state index is -0.279. The average Bonchev–Trinajstić information content (AvgIpc) is 3.10. The third-order valence-electron chi connectivity index (χ3n) is 3.91. The Morgan fingerprint density at radius 2 is 2.13 bits per heavy atom. The van der Waals surface area contributed by atoms with Crippen molar-refractivity contribution in [2.75, 3.05) is 7.05 Å². The molecule has 0 bridgehead atoms. The highest BCUT2D eigenvalue weighted by Crippen LogP contribution is 2.16. The lowest BCUT2D eigenvalue weighted by molar-refractivity contribution is -0.132. The summed E-state index contributed by atoms with van der Waals surface area (Å²) in [5, 5.41) is 9.20. The van der Waals surface area contributed by atoms with Gasteiger partial charge < -0.3 is 9.42 Å². The number of hydrogen-bond donors (Lipinski definition) is 0. The third kappa shape index (κ3) is 2.85. The fourth-order valence-corrected chi connectivity index (χ4v) is 2.33. The Labute approximate surface area is 132 Å². The van der Waals surface area contributed by atoms with Crippen LogP contribution in [0.3, 0.4) is 0 Å². The highest BCUT2D eigenvalue weighted by molar-refractivity contribution is 5.81. The number of benzene rings is 1. The van der Waals surface area contributed by atoms with E-state index < -0.39 is 0 Å². The molecule has 0 aliphatic rings. The van der Waals surface area contributed by atoms with E-state index in [-0.39, 0.29) is 24.1 Å². The summed E-state index contributed by atoms with van der Waals surface area (Å²) < 4.78 is 5.97. The van der Waals surface area contributed by atoms with Gasteiger partial charge >= 0.3 is 0 Å². The zero-order valence-electron chi connectivity index (χ0n) is 12.8. The van der Waals surface area contributed by atoms with E-state index in [1.807, 2.05) is 19.1 Å². The predicted molar refractivity (Wildman–Crippen MR) is 83.7 cm³/mol. The topological polar surface area (TPSA) is 81.2 Å². The molecule has 0 aliphatic carbocycles. The molecule has 3 aromatic rings. The van der Waals surface area contributed by atoms with Crippen molar-refractivity contribution < 1.29 is 9.32 Å². The van der Waals surface area contributed by atoms with Gasteiger partial charge in [-0.15, -0.1) is 0 Å². The molecule has 0 spiro atoms. The Bertz CT molecular complexity index is 886. The zero-order chi connectivity index (χ0) is 16.4. The summed E-state index contributed by atoms with van der Waals surface area (Å²) in [7, 11) is 1.66. The van der Waals surface area contributed by atoms with Crippen LogP contribution in [0, 0.1) is 0 Å².